The minimum atomic E-state index is -5.74. The molecule has 2 N–H and O–H groups in total. The molecule has 0 aliphatic rings. The average Bonchev–Trinajstić information content (AvgIpc) is 1.99. The summed E-state index contributed by atoms with van der Waals surface area (Å²) in [6.07, 6.45) is -13.0. The van der Waals surface area contributed by atoms with E-state index in [1.165, 1.54) is 7.05 Å². The Balaban J connectivity index is 5.06. The molecular weight excluding hydrogens is 228 g/mol. The molecule has 0 aromatic heterocycles. The molecule has 0 fully saturated rings. The Labute approximate surface area is 82.3 Å². The van der Waals surface area contributed by atoms with Crippen molar-refractivity contribution < 1.29 is 31.4 Å². The third kappa shape index (κ3) is 2.97. The van der Waals surface area contributed by atoms with E-state index in [0.29, 0.717) is 0 Å². The maximum atomic E-state index is 12.1. The molecule has 1 atom stereocenters. The van der Waals surface area contributed by atoms with Crippen LogP contribution in [0.3, 0.4) is 0 Å². The Morgan fingerprint density at radius 2 is 1.40 bits per heavy atom. The minimum Gasteiger partial charge on any atom is -0.374 e. The topological polar surface area (TPSA) is 32.3 Å². The Kier molecular flexibility index (Phi) is 4.03. The van der Waals surface area contributed by atoms with Crippen molar-refractivity contribution in [1.82, 2.24) is 5.32 Å². The van der Waals surface area contributed by atoms with Crippen LogP contribution >= 0.6 is 0 Å². The molecule has 0 aliphatic carbocycles. The molecule has 0 amide bonds. The molecule has 1 unspecified atom stereocenters. The van der Waals surface area contributed by atoms with Crippen molar-refractivity contribution in [2.75, 3.05) is 7.05 Å². The second-order valence-corrected chi connectivity index (χ2v) is 3.25. The maximum absolute atomic E-state index is 12.1. The molecule has 0 bridgehead atoms. The van der Waals surface area contributed by atoms with Crippen LogP contribution in [0.5, 0.6) is 0 Å². The zero-order valence-electron chi connectivity index (χ0n) is 8.00. The van der Waals surface area contributed by atoms with Gasteiger partial charge in [0.25, 0.3) is 5.60 Å². The summed E-state index contributed by atoms with van der Waals surface area (Å²) in [6, 6.07) is -1.11. The van der Waals surface area contributed by atoms with Crippen molar-refractivity contribution in [2.24, 2.45) is 0 Å². The highest BCUT2D eigenvalue weighted by Crippen LogP contribution is 2.45. The van der Waals surface area contributed by atoms with Gasteiger partial charge >= 0.3 is 12.4 Å². The van der Waals surface area contributed by atoms with E-state index in [2.05, 4.69) is 5.32 Å². The summed E-state index contributed by atoms with van der Waals surface area (Å²) in [5, 5.41) is 10.9. The fraction of sp³-hybridized carbons (Fsp3) is 1.00. The first-order chi connectivity index (χ1) is 6.45. The van der Waals surface area contributed by atoms with E-state index in [9.17, 15) is 26.3 Å². The Morgan fingerprint density at radius 3 is 1.60 bits per heavy atom. The van der Waals surface area contributed by atoms with Gasteiger partial charge in [-0.15, -0.1) is 0 Å². The number of rotatable bonds is 3. The zero-order valence-corrected chi connectivity index (χ0v) is 8.00. The number of nitrogens with one attached hydrogen (secondary N) is 1. The summed E-state index contributed by atoms with van der Waals surface area (Å²) in [4.78, 5) is 0. The lowest BCUT2D eigenvalue weighted by atomic mass is 9.94. The molecule has 2 nitrogen and oxygen atoms in total. The fourth-order valence-corrected chi connectivity index (χ4v) is 0.937. The fourth-order valence-electron chi connectivity index (χ4n) is 0.937. The van der Waals surface area contributed by atoms with Crippen LogP contribution in [0.2, 0.25) is 0 Å². The van der Waals surface area contributed by atoms with Crippen molar-refractivity contribution in [3.05, 3.63) is 0 Å². The Hall–Kier alpha value is -0.500. The van der Waals surface area contributed by atoms with Crippen molar-refractivity contribution >= 4 is 0 Å². The van der Waals surface area contributed by atoms with Gasteiger partial charge in [-0.2, -0.15) is 26.3 Å². The predicted octanol–water partition coefficient (Wildman–Crippen LogP) is 1.84. The molecule has 92 valence electrons. The molecule has 0 aromatic carbocycles. The highest BCUT2D eigenvalue weighted by Gasteiger charge is 2.70. The molecule has 0 saturated carbocycles. The van der Waals surface area contributed by atoms with Crippen LogP contribution in [0.4, 0.5) is 26.3 Å². The molecule has 0 radical (unpaired) electrons. The van der Waals surface area contributed by atoms with Crippen LogP contribution in [0.25, 0.3) is 0 Å². The minimum absolute atomic E-state index is 1.11. The molecule has 0 spiro atoms. The zero-order chi connectivity index (χ0) is 12.5. The SMILES string of the molecule is CNC(C)CC(O)(C(F)(F)F)C(F)(F)F. The molecule has 15 heavy (non-hydrogen) atoms. The van der Waals surface area contributed by atoms with Crippen molar-refractivity contribution in [1.29, 1.82) is 0 Å². The summed E-state index contributed by atoms with van der Waals surface area (Å²) in [5.74, 6) is 0. The maximum Gasteiger partial charge on any atom is 0.426 e. The molecule has 0 saturated heterocycles. The summed E-state index contributed by atoms with van der Waals surface area (Å²) >= 11 is 0. The lowest BCUT2D eigenvalue weighted by Crippen LogP contribution is -2.59. The van der Waals surface area contributed by atoms with Crippen LogP contribution in [-0.4, -0.2) is 36.1 Å². The number of halogens is 6. The van der Waals surface area contributed by atoms with Gasteiger partial charge in [0.2, 0.25) is 0 Å². The molecule has 0 heterocycles. The van der Waals surface area contributed by atoms with Crippen LogP contribution in [0, 0.1) is 0 Å². The van der Waals surface area contributed by atoms with Crippen molar-refractivity contribution in [3.8, 4) is 0 Å². The summed E-state index contributed by atoms with van der Waals surface area (Å²) in [7, 11) is 1.21. The van der Waals surface area contributed by atoms with E-state index in [4.69, 9.17) is 5.11 Å². The van der Waals surface area contributed by atoms with Gasteiger partial charge in [0, 0.05) is 12.5 Å². The molecule has 0 aliphatic heterocycles. The van der Waals surface area contributed by atoms with Gasteiger partial charge in [-0.05, 0) is 14.0 Å². The normalized spacial score (nSPS) is 16.6. The quantitative estimate of drug-likeness (QED) is 0.736. The van der Waals surface area contributed by atoms with Gasteiger partial charge in [0.1, 0.15) is 0 Å². The third-order valence-electron chi connectivity index (χ3n) is 2.03. The first kappa shape index (κ1) is 14.5. The number of aliphatic hydroxyl groups is 1. The number of hydrogen-bond acceptors (Lipinski definition) is 2. The lowest BCUT2D eigenvalue weighted by molar-refractivity contribution is -0.371. The summed E-state index contributed by atoms with van der Waals surface area (Å²) in [6.45, 7) is 1.11. The Morgan fingerprint density at radius 1 is 1.07 bits per heavy atom. The molecule has 0 aromatic rings. The van der Waals surface area contributed by atoms with Crippen LogP contribution < -0.4 is 5.32 Å². The predicted molar refractivity (Wildman–Crippen MR) is 40.2 cm³/mol. The van der Waals surface area contributed by atoms with Crippen LogP contribution in [0.15, 0.2) is 0 Å². The Bertz CT molecular complexity index is 197. The highest BCUT2D eigenvalue weighted by atomic mass is 19.4. The molecule has 0 rings (SSSR count). The van der Waals surface area contributed by atoms with E-state index in [1.807, 2.05) is 0 Å². The van der Waals surface area contributed by atoms with Gasteiger partial charge in [-0.1, -0.05) is 0 Å². The average molecular weight is 239 g/mol. The van der Waals surface area contributed by atoms with Crippen molar-refractivity contribution in [2.45, 2.75) is 37.3 Å². The van der Waals surface area contributed by atoms with E-state index in [0.717, 1.165) is 6.92 Å². The van der Waals surface area contributed by atoms with E-state index in [1.54, 1.807) is 0 Å². The first-order valence-corrected chi connectivity index (χ1v) is 3.99. The van der Waals surface area contributed by atoms with E-state index >= 15 is 0 Å². The highest BCUT2D eigenvalue weighted by molar-refractivity contribution is 4.95. The van der Waals surface area contributed by atoms with Crippen LogP contribution in [0.1, 0.15) is 13.3 Å². The number of hydrogen-bond donors (Lipinski definition) is 2. The summed E-state index contributed by atoms with van der Waals surface area (Å²) < 4.78 is 72.6. The monoisotopic (exact) mass is 239 g/mol. The van der Waals surface area contributed by atoms with Crippen molar-refractivity contribution in [3.63, 3.8) is 0 Å². The third-order valence-corrected chi connectivity index (χ3v) is 2.03. The van der Waals surface area contributed by atoms with Gasteiger partial charge in [-0.25, -0.2) is 0 Å². The van der Waals surface area contributed by atoms with Gasteiger partial charge < -0.3 is 10.4 Å². The second-order valence-electron chi connectivity index (χ2n) is 3.25. The lowest BCUT2D eigenvalue weighted by Gasteiger charge is -2.34. The van der Waals surface area contributed by atoms with Gasteiger partial charge in [0.05, 0.1) is 0 Å². The van der Waals surface area contributed by atoms with Gasteiger partial charge in [-0.3, -0.25) is 0 Å². The van der Waals surface area contributed by atoms with E-state index in [-0.39, 0.29) is 0 Å². The molecular formula is C7H11F6NO. The van der Waals surface area contributed by atoms with Crippen LogP contribution in [-0.2, 0) is 0 Å². The standard InChI is InChI=1S/C7H11F6NO/c1-4(14-2)3-5(15,6(8,9)10)7(11,12)13/h4,14-15H,3H2,1-2H3. The largest absolute Gasteiger partial charge is 0.426 e. The van der Waals surface area contributed by atoms with Gasteiger partial charge in [0.15, 0.2) is 0 Å². The smallest absolute Gasteiger partial charge is 0.374 e. The summed E-state index contributed by atoms with van der Waals surface area (Å²) in [5.41, 5.74) is -4.66. The molecule has 8 heteroatoms. The van der Waals surface area contributed by atoms with E-state index < -0.39 is 30.4 Å². The first-order valence-electron chi connectivity index (χ1n) is 3.99. The number of alkyl halides is 6. The second kappa shape index (κ2) is 4.17.